The topological polar surface area (TPSA) is 29.1 Å². The van der Waals surface area contributed by atoms with Crippen molar-refractivity contribution >= 4 is 17.7 Å². The number of rotatable bonds is 6. The summed E-state index contributed by atoms with van der Waals surface area (Å²) in [5.74, 6) is 4.01. The molecule has 0 atom stereocenters. The summed E-state index contributed by atoms with van der Waals surface area (Å²) in [5.41, 5.74) is 0.455. The number of amides is 1. The fourth-order valence-corrected chi connectivity index (χ4v) is 6.53. The Morgan fingerprint density at radius 3 is 2.26 bits per heavy atom. The maximum absolute atomic E-state index is 12.2. The molecule has 1 N–H and O–H groups in total. The van der Waals surface area contributed by atoms with Crippen molar-refractivity contribution in [2.45, 2.75) is 49.8 Å². The number of hydrogen-bond acceptors (Lipinski definition) is 2. The van der Waals surface area contributed by atoms with Gasteiger partial charge in [0.05, 0.1) is 0 Å². The predicted molar refractivity (Wildman–Crippen MR) is 95.4 cm³/mol. The van der Waals surface area contributed by atoms with Gasteiger partial charge in [-0.15, -0.1) is 11.8 Å². The Morgan fingerprint density at radius 1 is 1.04 bits per heavy atom. The molecule has 2 nitrogen and oxygen atoms in total. The van der Waals surface area contributed by atoms with E-state index in [2.05, 4.69) is 29.6 Å². The highest BCUT2D eigenvalue weighted by Gasteiger charge is 2.50. The lowest BCUT2D eigenvalue weighted by Crippen LogP contribution is -2.51. The van der Waals surface area contributed by atoms with Crippen LogP contribution in [0.15, 0.2) is 35.2 Å². The Hall–Kier alpha value is -0.960. The third-order valence-electron chi connectivity index (χ3n) is 6.17. The molecule has 5 rings (SSSR count). The Kier molecular flexibility index (Phi) is 4.40. The Morgan fingerprint density at radius 2 is 1.65 bits per heavy atom. The van der Waals surface area contributed by atoms with Gasteiger partial charge >= 0.3 is 0 Å². The second kappa shape index (κ2) is 6.51. The van der Waals surface area contributed by atoms with E-state index in [0.29, 0.717) is 11.8 Å². The van der Waals surface area contributed by atoms with Crippen LogP contribution in [0.2, 0.25) is 0 Å². The molecular weight excluding hydrogens is 302 g/mol. The lowest BCUT2D eigenvalue weighted by atomic mass is 9.49. The van der Waals surface area contributed by atoms with Crippen LogP contribution in [-0.2, 0) is 4.79 Å². The molecule has 4 aliphatic rings. The van der Waals surface area contributed by atoms with Gasteiger partial charge in [0.1, 0.15) is 0 Å². The Bertz CT molecular complexity index is 521. The molecule has 4 aliphatic carbocycles. The van der Waals surface area contributed by atoms with E-state index in [1.54, 1.807) is 11.8 Å². The summed E-state index contributed by atoms with van der Waals surface area (Å²) < 4.78 is 0. The van der Waals surface area contributed by atoms with Gasteiger partial charge in [-0.3, -0.25) is 4.79 Å². The average Bonchev–Trinajstić information content (AvgIpc) is 2.53. The highest BCUT2D eigenvalue weighted by atomic mass is 32.2. The molecule has 124 valence electrons. The van der Waals surface area contributed by atoms with Crippen molar-refractivity contribution in [1.82, 2.24) is 5.32 Å². The van der Waals surface area contributed by atoms with E-state index in [1.165, 1.54) is 43.4 Å². The third kappa shape index (κ3) is 3.60. The van der Waals surface area contributed by atoms with Crippen molar-refractivity contribution in [2.24, 2.45) is 23.2 Å². The number of benzene rings is 1. The van der Waals surface area contributed by atoms with Crippen molar-refractivity contribution in [3.8, 4) is 0 Å². The second-order valence-electron chi connectivity index (χ2n) is 8.11. The molecule has 1 aromatic rings. The van der Waals surface area contributed by atoms with E-state index >= 15 is 0 Å². The van der Waals surface area contributed by atoms with Crippen LogP contribution in [0, 0.1) is 23.2 Å². The lowest BCUT2D eigenvalue weighted by Gasteiger charge is -2.56. The molecule has 4 fully saturated rings. The van der Waals surface area contributed by atoms with Crippen molar-refractivity contribution in [1.29, 1.82) is 0 Å². The SMILES string of the molecule is O=C(CCSc1ccccc1)NCC12CC3CC(CC(C3)C1)C2. The molecule has 3 heteroatoms. The molecule has 0 spiro atoms. The van der Waals surface area contributed by atoms with Gasteiger partial charge in [0.2, 0.25) is 5.91 Å². The van der Waals surface area contributed by atoms with Crippen LogP contribution in [0.4, 0.5) is 0 Å². The zero-order chi connectivity index (χ0) is 15.7. The minimum absolute atomic E-state index is 0.240. The molecule has 4 saturated carbocycles. The maximum atomic E-state index is 12.2. The van der Waals surface area contributed by atoms with Crippen LogP contribution in [0.1, 0.15) is 44.9 Å². The molecule has 0 aliphatic heterocycles. The normalized spacial score (nSPS) is 34.5. The summed E-state index contributed by atoms with van der Waals surface area (Å²) in [6, 6.07) is 10.4. The number of thioether (sulfide) groups is 1. The van der Waals surface area contributed by atoms with Crippen molar-refractivity contribution in [2.75, 3.05) is 12.3 Å². The molecule has 0 radical (unpaired) electrons. The summed E-state index contributed by atoms with van der Waals surface area (Å²) in [6.07, 6.45) is 9.17. The highest BCUT2D eigenvalue weighted by molar-refractivity contribution is 7.99. The first kappa shape index (κ1) is 15.6. The van der Waals surface area contributed by atoms with Gasteiger partial charge in [0.15, 0.2) is 0 Å². The van der Waals surface area contributed by atoms with Crippen LogP contribution in [-0.4, -0.2) is 18.2 Å². The maximum Gasteiger partial charge on any atom is 0.220 e. The van der Waals surface area contributed by atoms with E-state index in [9.17, 15) is 4.79 Å². The summed E-state index contributed by atoms with van der Waals surface area (Å²) in [7, 11) is 0. The molecule has 0 heterocycles. The summed E-state index contributed by atoms with van der Waals surface area (Å²) in [4.78, 5) is 13.5. The van der Waals surface area contributed by atoms with Gasteiger partial charge in [0, 0.05) is 23.6 Å². The van der Waals surface area contributed by atoms with Crippen molar-refractivity contribution in [3.63, 3.8) is 0 Å². The first-order valence-electron chi connectivity index (χ1n) is 9.15. The van der Waals surface area contributed by atoms with E-state index in [4.69, 9.17) is 0 Å². The van der Waals surface area contributed by atoms with Crippen molar-refractivity contribution < 1.29 is 4.79 Å². The number of carbonyl (C=O) groups is 1. The van der Waals surface area contributed by atoms with Crippen molar-refractivity contribution in [3.05, 3.63) is 30.3 Å². The molecular formula is C20H27NOS. The van der Waals surface area contributed by atoms with Gasteiger partial charge in [-0.2, -0.15) is 0 Å². The smallest absolute Gasteiger partial charge is 0.220 e. The highest BCUT2D eigenvalue weighted by Crippen LogP contribution is 2.59. The van der Waals surface area contributed by atoms with Crippen LogP contribution >= 0.6 is 11.8 Å². The molecule has 0 saturated heterocycles. The number of nitrogens with one attached hydrogen (secondary N) is 1. The fraction of sp³-hybridized carbons (Fsp3) is 0.650. The molecule has 4 bridgehead atoms. The lowest BCUT2D eigenvalue weighted by molar-refractivity contribution is -0.122. The van der Waals surface area contributed by atoms with Gasteiger partial charge in [-0.05, 0) is 73.8 Å². The Balaban J connectivity index is 1.22. The number of hydrogen-bond donors (Lipinski definition) is 1. The molecule has 0 unspecified atom stereocenters. The van der Waals surface area contributed by atoms with E-state index in [1.807, 2.05) is 6.07 Å². The van der Waals surface area contributed by atoms with Crippen LogP contribution < -0.4 is 5.32 Å². The minimum Gasteiger partial charge on any atom is -0.356 e. The van der Waals surface area contributed by atoms with Crippen LogP contribution in [0.25, 0.3) is 0 Å². The van der Waals surface area contributed by atoms with E-state index in [0.717, 1.165) is 30.1 Å². The summed E-state index contributed by atoms with van der Waals surface area (Å²) >= 11 is 1.77. The molecule has 0 aromatic heterocycles. The van der Waals surface area contributed by atoms with Crippen LogP contribution in [0.3, 0.4) is 0 Å². The quantitative estimate of drug-likeness (QED) is 0.779. The van der Waals surface area contributed by atoms with Crippen LogP contribution in [0.5, 0.6) is 0 Å². The fourth-order valence-electron chi connectivity index (χ4n) is 5.66. The summed E-state index contributed by atoms with van der Waals surface area (Å²) in [5, 5.41) is 3.27. The van der Waals surface area contributed by atoms with Gasteiger partial charge in [-0.1, -0.05) is 18.2 Å². The first-order valence-corrected chi connectivity index (χ1v) is 10.1. The molecule has 23 heavy (non-hydrogen) atoms. The monoisotopic (exact) mass is 329 g/mol. The van der Waals surface area contributed by atoms with E-state index in [-0.39, 0.29) is 5.91 Å². The summed E-state index contributed by atoms with van der Waals surface area (Å²) in [6.45, 7) is 0.936. The second-order valence-corrected chi connectivity index (χ2v) is 9.27. The standard InChI is InChI=1S/C20H27NOS/c22-19(6-7-23-18-4-2-1-3-5-18)21-14-20-11-15-8-16(12-20)10-17(9-15)13-20/h1-5,15-17H,6-14H2,(H,21,22). The average molecular weight is 330 g/mol. The largest absolute Gasteiger partial charge is 0.356 e. The van der Waals surface area contributed by atoms with Gasteiger partial charge in [-0.25, -0.2) is 0 Å². The van der Waals surface area contributed by atoms with Gasteiger partial charge in [0.25, 0.3) is 0 Å². The predicted octanol–water partition coefficient (Wildman–Crippen LogP) is 4.50. The molecule has 1 amide bonds. The number of carbonyl (C=O) groups excluding carboxylic acids is 1. The molecule has 1 aromatic carbocycles. The Labute approximate surface area is 143 Å². The zero-order valence-electron chi connectivity index (χ0n) is 13.8. The minimum atomic E-state index is 0.240. The third-order valence-corrected chi connectivity index (χ3v) is 7.18. The zero-order valence-corrected chi connectivity index (χ0v) is 14.6. The van der Waals surface area contributed by atoms with Gasteiger partial charge < -0.3 is 5.32 Å². The first-order chi connectivity index (χ1) is 11.2. The van der Waals surface area contributed by atoms with E-state index < -0.39 is 0 Å².